The Morgan fingerprint density at radius 2 is 2.00 bits per heavy atom. The van der Waals surface area contributed by atoms with E-state index in [1.165, 1.54) is 0 Å². The number of Topliss-reactive ketones (excluding diaryl/α,β-unsaturated/α-hetero) is 1. The van der Waals surface area contributed by atoms with E-state index in [2.05, 4.69) is 0 Å². The zero-order valence-corrected chi connectivity index (χ0v) is 13.3. The molecule has 2 aromatic carbocycles. The van der Waals surface area contributed by atoms with Gasteiger partial charge in [-0.1, -0.05) is 18.2 Å². The van der Waals surface area contributed by atoms with Gasteiger partial charge in [-0.2, -0.15) is 0 Å². The van der Waals surface area contributed by atoms with E-state index in [4.69, 9.17) is 9.39 Å². The van der Waals surface area contributed by atoms with Crippen molar-refractivity contribution in [2.75, 3.05) is 0 Å². The molecule has 0 amide bonds. The van der Waals surface area contributed by atoms with Gasteiger partial charge in [0.25, 0.3) is 0 Å². The fourth-order valence-electron chi connectivity index (χ4n) is 2.65. The Bertz CT molecular complexity index is 709. The predicted octanol–water partition coefficient (Wildman–Crippen LogP) is 2.12. The van der Waals surface area contributed by atoms with Gasteiger partial charge in [0, 0.05) is 12.0 Å². The molecule has 0 fully saturated rings. The van der Waals surface area contributed by atoms with Crippen LogP contribution >= 0.6 is 0 Å². The van der Waals surface area contributed by atoms with Gasteiger partial charge in [-0.3, -0.25) is 4.79 Å². The summed E-state index contributed by atoms with van der Waals surface area (Å²) in [6, 6.07) is 12.9. The number of hydrogen-bond acceptors (Lipinski definition) is 4. The number of ketones is 1. The fourth-order valence-corrected chi connectivity index (χ4v) is 2.65. The predicted molar refractivity (Wildman–Crippen MR) is 89.1 cm³/mol. The van der Waals surface area contributed by atoms with Crippen LogP contribution in [0.15, 0.2) is 42.5 Å². The molecule has 1 aliphatic rings. The maximum absolute atomic E-state index is 12.4. The topological polar surface area (TPSA) is 55.8 Å². The van der Waals surface area contributed by atoms with Crippen molar-refractivity contribution in [1.29, 1.82) is 0 Å². The molecule has 2 aromatic rings. The van der Waals surface area contributed by atoms with E-state index in [0.29, 0.717) is 18.6 Å². The molecular weight excluding hydrogens is 291 g/mol. The summed E-state index contributed by atoms with van der Waals surface area (Å²) < 4.78 is 10.7. The van der Waals surface area contributed by atoms with Crippen molar-refractivity contribution in [3.8, 4) is 5.75 Å². The van der Waals surface area contributed by atoms with Crippen LogP contribution < -0.4 is 10.2 Å². The summed E-state index contributed by atoms with van der Waals surface area (Å²) in [4.78, 5) is 12.4. The van der Waals surface area contributed by atoms with Crippen molar-refractivity contribution in [1.82, 2.24) is 0 Å². The van der Waals surface area contributed by atoms with Gasteiger partial charge in [0.2, 0.25) is 0 Å². The second-order valence-electron chi connectivity index (χ2n) is 5.99. The highest BCUT2D eigenvalue weighted by atomic mass is 16.5. The van der Waals surface area contributed by atoms with Gasteiger partial charge in [-0.05, 0) is 54.7 Å². The van der Waals surface area contributed by atoms with E-state index >= 15 is 0 Å². The van der Waals surface area contributed by atoms with E-state index in [1.807, 2.05) is 44.2 Å². The van der Waals surface area contributed by atoms with Crippen molar-refractivity contribution >= 4 is 18.4 Å². The summed E-state index contributed by atoms with van der Waals surface area (Å²) in [5.74, 6) is 0.795. The number of carbonyl (C=O) groups is 1. The van der Waals surface area contributed by atoms with Crippen LogP contribution in [0.2, 0.25) is 0 Å². The molecule has 23 heavy (non-hydrogen) atoms. The normalized spacial score (nSPS) is 13.3. The molecule has 5 heteroatoms. The summed E-state index contributed by atoms with van der Waals surface area (Å²) in [6.07, 6.45) is 0.404. The van der Waals surface area contributed by atoms with Gasteiger partial charge >= 0.3 is 7.12 Å². The Morgan fingerprint density at radius 3 is 2.70 bits per heavy atom. The molecule has 0 spiro atoms. The zero-order chi connectivity index (χ0) is 16.4. The first kappa shape index (κ1) is 15.8. The number of rotatable bonds is 5. The first-order valence-electron chi connectivity index (χ1n) is 7.74. The third kappa shape index (κ3) is 3.63. The minimum absolute atomic E-state index is 0.0365. The Balaban J connectivity index is 1.71. The molecular formula is C18H19BO4. The van der Waals surface area contributed by atoms with Crippen LogP contribution in [0.1, 0.15) is 35.3 Å². The second-order valence-corrected chi connectivity index (χ2v) is 5.99. The van der Waals surface area contributed by atoms with Crippen molar-refractivity contribution < 1.29 is 19.2 Å². The fraction of sp³-hybridized carbons (Fsp3) is 0.278. The molecule has 0 bridgehead atoms. The average Bonchev–Trinajstić information content (AvgIpc) is 2.88. The number of carbonyl (C=O) groups excluding carboxylic acids is 1. The Morgan fingerprint density at radius 1 is 1.26 bits per heavy atom. The van der Waals surface area contributed by atoms with Gasteiger partial charge in [0.1, 0.15) is 5.75 Å². The lowest BCUT2D eigenvalue weighted by Crippen LogP contribution is -2.28. The van der Waals surface area contributed by atoms with Crippen molar-refractivity contribution in [3.63, 3.8) is 0 Å². The van der Waals surface area contributed by atoms with Crippen molar-refractivity contribution in [3.05, 3.63) is 59.2 Å². The van der Waals surface area contributed by atoms with E-state index in [1.54, 1.807) is 12.1 Å². The minimum Gasteiger partial charge on any atom is -0.491 e. The SMILES string of the molecule is CC(C)Oc1ccc(C(=O)Cc2ccc3c(c2)B(O)OC3)cc1. The Kier molecular flexibility index (Phi) is 4.50. The molecule has 1 heterocycles. The zero-order valence-electron chi connectivity index (χ0n) is 13.3. The summed E-state index contributed by atoms with van der Waals surface area (Å²) in [5.41, 5.74) is 3.26. The first-order chi connectivity index (χ1) is 11.0. The highest BCUT2D eigenvalue weighted by Crippen LogP contribution is 2.17. The van der Waals surface area contributed by atoms with E-state index in [0.717, 1.165) is 22.3 Å². The van der Waals surface area contributed by atoms with Crippen LogP contribution in [-0.2, 0) is 17.7 Å². The molecule has 1 N–H and O–H groups in total. The quantitative estimate of drug-likeness (QED) is 0.679. The van der Waals surface area contributed by atoms with E-state index < -0.39 is 7.12 Å². The largest absolute Gasteiger partial charge is 0.491 e. The molecule has 0 saturated heterocycles. The Hall–Kier alpha value is -2.11. The molecule has 1 aliphatic heterocycles. The van der Waals surface area contributed by atoms with E-state index in [9.17, 15) is 9.82 Å². The number of hydrogen-bond donors (Lipinski definition) is 1. The highest BCUT2D eigenvalue weighted by molar-refractivity contribution is 6.61. The van der Waals surface area contributed by atoms with Gasteiger partial charge in [-0.25, -0.2) is 0 Å². The summed E-state index contributed by atoms with van der Waals surface area (Å²) >= 11 is 0. The minimum atomic E-state index is -0.882. The van der Waals surface area contributed by atoms with Crippen molar-refractivity contribution in [2.24, 2.45) is 0 Å². The van der Waals surface area contributed by atoms with Crippen LogP contribution in [0, 0.1) is 0 Å². The molecule has 0 atom stereocenters. The summed E-state index contributed by atoms with van der Waals surface area (Å²) in [6.45, 7) is 4.35. The number of ether oxygens (including phenoxy) is 1. The van der Waals surface area contributed by atoms with Crippen LogP contribution in [-0.4, -0.2) is 24.0 Å². The molecule has 3 rings (SSSR count). The van der Waals surface area contributed by atoms with Gasteiger partial charge in [0.05, 0.1) is 12.7 Å². The first-order valence-corrected chi connectivity index (χ1v) is 7.74. The van der Waals surface area contributed by atoms with E-state index in [-0.39, 0.29) is 11.9 Å². The molecule has 0 aromatic heterocycles. The van der Waals surface area contributed by atoms with Crippen LogP contribution in [0.4, 0.5) is 0 Å². The second kappa shape index (κ2) is 6.56. The molecule has 0 saturated carbocycles. The van der Waals surface area contributed by atoms with Crippen LogP contribution in [0.3, 0.4) is 0 Å². The maximum Gasteiger partial charge on any atom is 0.491 e. The van der Waals surface area contributed by atoms with Gasteiger partial charge < -0.3 is 14.4 Å². The molecule has 0 unspecified atom stereocenters. The molecule has 4 nitrogen and oxygen atoms in total. The van der Waals surface area contributed by atoms with Crippen LogP contribution in [0.5, 0.6) is 5.75 Å². The third-order valence-corrected chi connectivity index (χ3v) is 3.79. The van der Waals surface area contributed by atoms with Crippen LogP contribution in [0.25, 0.3) is 0 Å². The molecule has 0 aliphatic carbocycles. The number of benzene rings is 2. The molecule has 118 valence electrons. The highest BCUT2D eigenvalue weighted by Gasteiger charge is 2.27. The van der Waals surface area contributed by atoms with Gasteiger partial charge in [0.15, 0.2) is 5.78 Å². The lowest BCUT2D eigenvalue weighted by Gasteiger charge is -2.10. The Labute approximate surface area is 136 Å². The van der Waals surface area contributed by atoms with Gasteiger partial charge in [-0.15, -0.1) is 0 Å². The smallest absolute Gasteiger partial charge is 0.491 e. The monoisotopic (exact) mass is 310 g/mol. The lowest BCUT2D eigenvalue weighted by atomic mass is 9.78. The maximum atomic E-state index is 12.4. The summed E-state index contributed by atoms with van der Waals surface area (Å²) in [5, 5.41) is 9.74. The summed E-state index contributed by atoms with van der Waals surface area (Å²) in [7, 11) is -0.882. The average molecular weight is 310 g/mol. The third-order valence-electron chi connectivity index (χ3n) is 3.79. The molecule has 0 radical (unpaired) electrons. The van der Waals surface area contributed by atoms with Crippen molar-refractivity contribution in [2.45, 2.75) is 33.0 Å². The standard InChI is InChI=1S/C18H19BO4/c1-12(2)23-16-7-5-14(6-8-16)18(20)10-13-3-4-15-11-22-19(21)17(15)9-13/h3-9,12,21H,10-11H2,1-2H3. The number of fused-ring (bicyclic) bond motifs is 1. The lowest BCUT2D eigenvalue weighted by molar-refractivity contribution is 0.0993.